The van der Waals surface area contributed by atoms with Gasteiger partial charge in [-0.3, -0.25) is 19.4 Å². The molecule has 2 rings (SSSR count). The molecule has 0 radical (unpaired) electrons. The third-order valence-corrected chi connectivity index (χ3v) is 4.04. The van der Waals surface area contributed by atoms with E-state index in [0.29, 0.717) is 14.8 Å². The lowest BCUT2D eigenvalue weighted by molar-refractivity contribution is -0.142. The highest BCUT2D eigenvalue weighted by molar-refractivity contribution is 7.18. The Kier molecular flexibility index (Phi) is 6.25. The molecule has 6 nitrogen and oxygen atoms in total. The van der Waals surface area contributed by atoms with E-state index in [9.17, 15) is 14.4 Å². The van der Waals surface area contributed by atoms with Gasteiger partial charge in [-0.25, -0.2) is 0 Å². The summed E-state index contributed by atoms with van der Waals surface area (Å²) in [6.45, 7) is -0.215. The van der Waals surface area contributed by atoms with E-state index in [4.69, 9.17) is 16.3 Å². The van der Waals surface area contributed by atoms with Crippen molar-refractivity contribution in [3.05, 3.63) is 51.4 Å². The molecule has 0 atom stereocenters. The summed E-state index contributed by atoms with van der Waals surface area (Å²) >= 11 is 6.86. The second kappa shape index (κ2) is 8.40. The number of halogens is 1. The molecular formula is C15H13ClN2O4S. The van der Waals surface area contributed by atoms with Gasteiger partial charge in [0.2, 0.25) is 5.78 Å². The minimum absolute atomic E-state index is 0.0186. The Morgan fingerprint density at radius 2 is 1.91 bits per heavy atom. The second-order valence-electron chi connectivity index (χ2n) is 4.43. The normalized spacial score (nSPS) is 10.1. The maximum Gasteiger partial charge on any atom is 0.308 e. The van der Waals surface area contributed by atoms with E-state index in [-0.39, 0.29) is 31.3 Å². The van der Waals surface area contributed by atoms with E-state index in [2.05, 4.69) is 10.3 Å². The Labute approximate surface area is 141 Å². The van der Waals surface area contributed by atoms with Crippen molar-refractivity contribution in [2.75, 3.05) is 13.2 Å². The zero-order valence-electron chi connectivity index (χ0n) is 12.0. The van der Waals surface area contributed by atoms with Crippen LogP contribution in [0.3, 0.4) is 0 Å². The van der Waals surface area contributed by atoms with Gasteiger partial charge in [0.1, 0.15) is 0 Å². The predicted molar refractivity (Wildman–Crippen MR) is 85.8 cm³/mol. The van der Waals surface area contributed by atoms with Crippen LogP contribution >= 0.6 is 22.9 Å². The van der Waals surface area contributed by atoms with Crippen molar-refractivity contribution in [2.45, 2.75) is 6.42 Å². The Hall–Kier alpha value is -2.25. The van der Waals surface area contributed by atoms with Crippen LogP contribution in [0.25, 0.3) is 0 Å². The first kappa shape index (κ1) is 17.1. The van der Waals surface area contributed by atoms with E-state index in [0.717, 1.165) is 11.3 Å². The van der Waals surface area contributed by atoms with Crippen LogP contribution in [0.4, 0.5) is 0 Å². The van der Waals surface area contributed by atoms with Gasteiger partial charge in [0.05, 0.1) is 15.6 Å². The van der Waals surface area contributed by atoms with Gasteiger partial charge >= 0.3 is 5.97 Å². The Balaban J connectivity index is 1.67. The first-order chi connectivity index (χ1) is 11.1. The zero-order valence-corrected chi connectivity index (χ0v) is 13.5. The van der Waals surface area contributed by atoms with Crippen molar-refractivity contribution in [1.29, 1.82) is 0 Å². The Bertz CT molecular complexity index is 703. The van der Waals surface area contributed by atoms with Crippen LogP contribution in [0.15, 0.2) is 36.7 Å². The molecule has 8 heteroatoms. The standard InChI is InChI=1S/C15H13ClN2O4S/c16-13-2-1-12(23-13)11(19)9-22-14(20)5-8-18-15(21)10-3-6-17-7-4-10/h1-4,6-7H,5,8-9H2,(H,18,21). The van der Waals surface area contributed by atoms with Gasteiger partial charge in [0.25, 0.3) is 5.91 Å². The SMILES string of the molecule is O=C(CCNC(=O)c1ccncc1)OCC(=O)c1ccc(Cl)s1. The van der Waals surface area contributed by atoms with Gasteiger partial charge in [0, 0.05) is 24.5 Å². The van der Waals surface area contributed by atoms with E-state index in [1.165, 1.54) is 12.4 Å². The molecule has 2 aromatic rings. The van der Waals surface area contributed by atoms with Crippen molar-refractivity contribution in [1.82, 2.24) is 10.3 Å². The number of nitrogens with zero attached hydrogens (tertiary/aromatic N) is 1. The summed E-state index contributed by atoms with van der Waals surface area (Å²) in [7, 11) is 0. The third-order valence-electron chi connectivity index (χ3n) is 2.77. The number of esters is 1. The number of hydrogen-bond donors (Lipinski definition) is 1. The number of carbonyl (C=O) groups excluding carboxylic acids is 3. The number of aromatic nitrogens is 1. The van der Waals surface area contributed by atoms with Crippen LogP contribution in [0.1, 0.15) is 26.5 Å². The molecule has 0 fully saturated rings. The van der Waals surface area contributed by atoms with Crippen LogP contribution in [0, 0.1) is 0 Å². The molecule has 0 saturated heterocycles. The minimum Gasteiger partial charge on any atom is -0.457 e. The molecule has 120 valence electrons. The first-order valence-corrected chi connectivity index (χ1v) is 7.88. The average molecular weight is 353 g/mol. The van der Waals surface area contributed by atoms with Crippen molar-refractivity contribution < 1.29 is 19.1 Å². The molecule has 23 heavy (non-hydrogen) atoms. The monoisotopic (exact) mass is 352 g/mol. The predicted octanol–water partition coefficient (Wildman–Crippen LogP) is 2.34. The first-order valence-electron chi connectivity index (χ1n) is 6.68. The van der Waals surface area contributed by atoms with Crippen molar-refractivity contribution in [3.63, 3.8) is 0 Å². The summed E-state index contributed by atoms with van der Waals surface area (Å²) in [5.41, 5.74) is 0.457. The summed E-state index contributed by atoms with van der Waals surface area (Å²) in [6, 6.07) is 6.32. The number of nitrogens with one attached hydrogen (secondary N) is 1. The fourth-order valence-electron chi connectivity index (χ4n) is 1.64. The number of amides is 1. The molecular weight excluding hydrogens is 340 g/mol. The summed E-state index contributed by atoms with van der Waals surface area (Å²) in [5, 5.41) is 2.58. The third kappa shape index (κ3) is 5.46. The number of ketones is 1. The lowest BCUT2D eigenvalue weighted by Crippen LogP contribution is -2.27. The molecule has 0 saturated carbocycles. The van der Waals surface area contributed by atoms with Crippen molar-refractivity contribution in [3.8, 4) is 0 Å². The van der Waals surface area contributed by atoms with E-state index < -0.39 is 5.97 Å². The lowest BCUT2D eigenvalue weighted by Gasteiger charge is -2.05. The van der Waals surface area contributed by atoms with Gasteiger partial charge in [-0.15, -0.1) is 11.3 Å². The molecule has 0 bridgehead atoms. The van der Waals surface area contributed by atoms with Crippen LogP contribution < -0.4 is 5.32 Å². The quantitative estimate of drug-likeness (QED) is 0.610. The fraction of sp³-hybridized carbons (Fsp3) is 0.200. The van der Waals surface area contributed by atoms with E-state index in [1.54, 1.807) is 24.3 Å². The number of Topliss-reactive ketones (excluding diaryl/α,β-unsaturated/α-hetero) is 1. The van der Waals surface area contributed by atoms with Crippen molar-refractivity contribution >= 4 is 40.6 Å². The van der Waals surface area contributed by atoms with Gasteiger partial charge in [0.15, 0.2) is 6.61 Å². The van der Waals surface area contributed by atoms with Gasteiger partial charge in [-0.2, -0.15) is 0 Å². The maximum atomic E-state index is 11.7. The van der Waals surface area contributed by atoms with Gasteiger partial charge < -0.3 is 10.1 Å². The molecule has 1 amide bonds. The van der Waals surface area contributed by atoms with Crippen LogP contribution in [-0.2, 0) is 9.53 Å². The van der Waals surface area contributed by atoms with E-state index in [1.807, 2.05) is 0 Å². The number of rotatable bonds is 7. The maximum absolute atomic E-state index is 11.7. The molecule has 0 spiro atoms. The average Bonchev–Trinajstić information content (AvgIpc) is 3.00. The Morgan fingerprint density at radius 1 is 1.17 bits per heavy atom. The van der Waals surface area contributed by atoms with E-state index >= 15 is 0 Å². The van der Waals surface area contributed by atoms with Crippen LogP contribution in [-0.4, -0.2) is 35.8 Å². The number of ether oxygens (including phenoxy) is 1. The molecule has 1 N–H and O–H groups in total. The molecule has 0 unspecified atom stereocenters. The lowest BCUT2D eigenvalue weighted by atomic mass is 10.2. The molecule has 2 heterocycles. The summed E-state index contributed by atoms with van der Waals surface area (Å²) in [4.78, 5) is 39.2. The molecule has 0 aromatic carbocycles. The van der Waals surface area contributed by atoms with Crippen LogP contribution in [0.5, 0.6) is 0 Å². The highest BCUT2D eigenvalue weighted by Crippen LogP contribution is 2.21. The molecule has 0 aliphatic heterocycles. The summed E-state index contributed by atoms with van der Waals surface area (Å²) < 4.78 is 5.37. The molecule has 2 aromatic heterocycles. The van der Waals surface area contributed by atoms with Crippen LogP contribution in [0.2, 0.25) is 4.34 Å². The summed E-state index contributed by atoms with van der Waals surface area (Å²) in [5.74, 6) is -1.17. The summed E-state index contributed by atoms with van der Waals surface area (Å²) in [6.07, 6.45) is 2.99. The largest absolute Gasteiger partial charge is 0.457 e. The topological polar surface area (TPSA) is 85.4 Å². The number of pyridine rings is 1. The zero-order chi connectivity index (χ0) is 16.7. The second-order valence-corrected chi connectivity index (χ2v) is 6.14. The number of thiophene rings is 1. The highest BCUT2D eigenvalue weighted by atomic mass is 35.5. The Morgan fingerprint density at radius 3 is 2.57 bits per heavy atom. The molecule has 0 aliphatic rings. The number of carbonyl (C=O) groups is 3. The fourth-order valence-corrected chi connectivity index (χ4v) is 2.60. The minimum atomic E-state index is -0.559. The van der Waals surface area contributed by atoms with Crippen molar-refractivity contribution in [2.24, 2.45) is 0 Å². The smallest absolute Gasteiger partial charge is 0.308 e. The molecule has 0 aliphatic carbocycles. The van der Waals surface area contributed by atoms with Gasteiger partial charge in [-0.05, 0) is 24.3 Å². The van der Waals surface area contributed by atoms with Gasteiger partial charge in [-0.1, -0.05) is 11.6 Å². The number of hydrogen-bond acceptors (Lipinski definition) is 6. The highest BCUT2D eigenvalue weighted by Gasteiger charge is 2.12.